The molecule has 36 heavy (non-hydrogen) atoms. The number of nitrogens with zero attached hydrogens (tertiary/aromatic N) is 2. The maximum Gasteiger partial charge on any atom is 0.210 e. The second-order valence-corrected chi connectivity index (χ2v) is 11.2. The van der Waals surface area contributed by atoms with Crippen molar-refractivity contribution < 1.29 is 9.84 Å². The lowest BCUT2D eigenvalue weighted by Gasteiger charge is -2.39. The first kappa shape index (κ1) is 21.0. The zero-order chi connectivity index (χ0) is 23.8. The summed E-state index contributed by atoms with van der Waals surface area (Å²) in [6.07, 6.45) is 9.25. The van der Waals surface area contributed by atoms with Crippen LogP contribution in [0.25, 0.3) is 5.57 Å². The molecule has 0 aliphatic carbocycles. The van der Waals surface area contributed by atoms with Gasteiger partial charge in [-0.3, -0.25) is 0 Å². The molecule has 5 aliphatic rings. The van der Waals surface area contributed by atoms with Crippen LogP contribution in [0.5, 0.6) is 11.5 Å². The Morgan fingerprint density at radius 2 is 1.58 bits per heavy atom. The fraction of sp³-hybridized carbons (Fsp3) is 0.406. The third kappa shape index (κ3) is 2.88. The molecule has 4 nitrogen and oxygen atoms in total. The Labute approximate surface area is 212 Å². The SMILES string of the molecule is OCc1ccccc1C1=c2cc3c4c(c2Oc2c1cc1c5c2CCCN5CCC1)CCC[N+]=4CCC3. The van der Waals surface area contributed by atoms with Gasteiger partial charge in [0, 0.05) is 59.1 Å². The Bertz CT molecular complexity index is 1560. The molecule has 0 amide bonds. The number of aryl methyl sites for hydroxylation is 2. The average molecular weight is 478 g/mol. The fourth-order valence-corrected chi connectivity index (χ4v) is 7.71. The van der Waals surface area contributed by atoms with Crippen molar-refractivity contribution in [2.24, 2.45) is 0 Å². The number of aliphatic hydroxyl groups excluding tert-OH is 1. The molecule has 0 saturated heterocycles. The van der Waals surface area contributed by atoms with Crippen LogP contribution in [-0.4, -0.2) is 31.3 Å². The van der Waals surface area contributed by atoms with Crippen LogP contribution in [0.2, 0.25) is 0 Å². The van der Waals surface area contributed by atoms with Crippen molar-refractivity contribution in [1.29, 1.82) is 0 Å². The quantitative estimate of drug-likeness (QED) is 0.448. The van der Waals surface area contributed by atoms with Gasteiger partial charge >= 0.3 is 0 Å². The van der Waals surface area contributed by atoms with E-state index in [0.717, 1.165) is 74.5 Å². The van der Waals surface area contributed by atoms with Crippen molar-refractivity contribution in [1.82, 2.24) is 4.58 Å². The van der Waals surface area contributed by atoms with Gasteiger partial charge in [-0.05, 0) is 67.3 Å². The van der Waals surface area contributed by atoms with Gasteiger partial charge in [-0.2, -0.15) is 0 Å². The van der Waals surface area contributed by atoms with Gasteiger partial charge in [0.2, 0.25) is 5.36 Å². The van der Waals surface area contributed by atoms with Gasteiger partial charge in [0.1, 0.15) is 24.6 Å². The summed E-state index contributed by atoms with van der Waals surface area (Å²) in [6.45, 7) is 4.68. The van der Waals surface area contributed by atoms with Gasteiger partial charge in [0.25, 0.3) is 0 Å². The van der Waals surface area contributed by atoms with Gasteiger partial charge in [-0.25, -0.2) is 4.58 Å². The largest absolute Gasteiger partial charge is 0.455 e. The molecule has 0 spiro atoms. The summed E-state index contributed by atoms with van der Waals surface area (Å²) in [7, 11) is 0. The van der Waals surface area contributed by atoms with E-state index < -0.39 is 0 Å². The highest BCUT2D eigenvalue weighted by atomic mass is 16.5. The van der Waals surface area contributed by atoms with E-state index in [4.69, 9.17) is 4.74 Å². The van der Waals surface area contributed by atoms with E-state index in [1.807, 2.05) is 6.07 Å². The van der Waals surface area contributed by atoms with E-state index in [1.165, 1.54) is 75.3 Å². The summed E-state index contributed by atoms with van der Waals surface area (Å²) in [6, 6.07) is 13.3. The Morgan fingerprint density at radius 3 is 2.47 bits per heavy atom. The Balaban J connectivity index is 1.54. The maximum atomic E-state index is 10.4. The highest BCUT2D eigenvalue weighted by Gasteiger charge is 2.35. The second-order valence-electron chi connectivity index (χ2n) is 11.2. The van der Waals surface area contributed by atoms with Crippen LogP contribution < -0.4 is 24.8 Å². The van der Waals surface area contributed by atoms with Gasteiger partial charge in [-0.1, -0.05) is 24.3 Å². The minimum absolute atomic E-state index is 0.0440. The van der Waals surface area contributed by atoms with E-state index in [9.17, 15) is 5.11 Å². The summed E-state index contributed by atoms with van der Waals surface area (Å²) >= 11 is 0. The molecule has 5 heterocycles. The molecule has 0 radical (unpaired) electrons. The molecule has 0 saturated carbocycles. The highest BCUT2D eigenvalue weighted by molar-refractivity contribution is 5.90. The van der Waals surface area contributed by atoms with E-state index in [1.54, 1.807) is 0 Å². The number of ether oxygens (including phenoxy) is 1. The summed E-state index contributed by atoms with van der Waals surface area (Å²) in [5, 5.41) is 13.0. The molecule has 0 fully saturated rings. The lowest BCUT2D eigenvalue weighted by molar-refractivity contribution is 0.281. The topological polar surface area (TPSA) is 35.7 Å². The van der Waals surface area contributed by atoms with Crippen LogP contribution in [0.15, 0.2) is 36.4 Å². The summed E-state index contributed by atoms with van der Waals surface area (Å²) in [4.78, 5) is 2.61. The Kier molecular flexibility index (Phi) is 4.64. The summed E-state index contributed by atoms with van der Waals surface area (Å²) in [5.74, 6) is 2.17. The van der Waals surface area contributed by atoms with E-state index in [0.29, 0.717) is 0 Å². The molecule has 4 heteroatoms. The van der Waals surface area contributed by atoms with Crippen molar-refractivity contribution >= 4 is 11.3 Å². The third-order valence-corrected chi connectivity index (χ3v) is 9.14. The second kappa shape index (κ2) is 7.94. The number of hydrogen-bond donors (Lipinski definition) is 1. The van der Waals surface area contributed by atoms with Crippen LogP contribution in [0.3, 0.4) is 0 Å². The average Bonchev–Trinajstić information content (AvgIpc) is 2.93. The normalized spacial score (nSPS) is 19.2. The monoisotopic (exact) mass is 477 g/mol. The van der Waals surface area contributed by atoms with Crippen molar-refractivity contribution in [3.05, 3.63) is 85.9 Å². The molecular weight excluding hydrogens is 444 g/mol. The molecule has 0 bridgehead atoms. The molecule has 1 N–H and O–H groups in total. The predicted octanol–water partition coefficient (Wildman–Crippen LogP) is 3.61. The minimum atomic E-state index is 0.0440. The maximum absolute atomic E-state index is 10.4. The molecule has 8 rings (SSSR count). The molecule has 182 valence electrons. The van der Waals surface area contributed by atoms with Crippen molar-refractivity contribution in [3.8, 4) is 11.5 Å². The van der Waals surface area contributed by atoms with Crippen LogP contribution >= 0.6 is 0 Å². The zero-order valence-corrected chi connectivity index (χ0v) is 20.9. The Morgan fingerprint density at radius 1 is 0.806 bits per heavy atom. The Hall–Kier alpha value is -3.11. The number of fused-ring (bicyclic) bond motifs is 4. The summed E-state index contributed by atoms with van der Waals surface area (Å²) in [5.41, 5.74) is 11.9. The third-order valence-electron chi connectivity index (χ3n) is 9.14. The lowest BCUT2D eigenvalue weighted by Crippen LogP contribution is -2.45. The van der Waals surface area contributed by atoms with E-state index >= 15 is 0 Å². The first-order valence-electron chi connectivity index (χ1n) is 13.9. The molecule has 0 unspecified atom stereocenters. The number of aliphatic hydroxyl groups is 1. The van der Waals surface area contributed by atoms with Crippen molar-refractivity contribution in [2.75, 3.05) is 31.1 Å². The molecule has 3 aromatic carbocycles. The fourth-order valence-electron chi connectivity index (χ4n) is 7.71. The van der Waals surface area contributed by atoms with Crippen molar-refractivity contribution in [2.45, 2.75) is 58.0 Å². The standard InChI is InChI=1S/C32H33N2O2/c35-19-22-7-1-2-10-23(22)28-26-17-20-8-3-13-33-15-5-11-24(29(20)33)31(26)36-32-25-12-6-16-34-14-4-9-21(30(25)34)18-27(28)32/h1-2,7,10,17-18,35H,3-6,8-9,11-16,19H2/q+1. The summed E-state index contributed by atoms with van der Waals surface area (Å²) < 4.78 is 9.71. The number of anilines is 1. The van der Waals surface area contributed by atoms with Crippen molar-refractivity contribution in [3.63, 3.8) is 0 Å². The molecule has 5 aliphatic heterocycles. The smallest absolute Gasteiger partial charge is 0.210 e. The van der Waals surface area contributed by atoms with Crippen LogP contribution in [-0.2, 0) is 32.3 Å². The predicted molar refractivity (Wildman–Crippen MR) is 143 cm³/mol. The van der Waals surface area contributed by atoms with Crippen LogP contribution in [0.1, 0.15) is 64.6 Å². The van der Waals surface area contributed by atoms with E-state index in [2.05, 4.69) is 39.8 Å². The molecular formula is C32H33N2O2+. The van der Waals surface area contributed by atoms with Gasteiger partial charge in [0.05, 0.1) is 12.2 Å². The zero-order valence-electron chi connectivity index (χ0n) is 20.9. The first-order valence-corrected chi connectivity index (χ1v) is 13.9. The number of hydrogen-bond acceptors (Lipinski definition) is 3. The molecule has 0 atom stereocenters. The number of benzene rings is 3. The van der Waals surface area contributed by atoms with E-state index in [-0.39, 0.29) is 6.61 Å². The van der Waals surface area contributed by atoms with Crippen LogP contribution in [0.4, 0.5) is 5.69 Å². The first-order chi connectivity index (χ1) is 17.8. The molecule has 0 aromatic heterocycles. The highest BCUT2D eigenvalue weighted by Crippen LogP contribution is 2.48. The van der Waals surface area contributed by atoms with Gasteiger partial charge in [0.15, 0.2) is 0 Å². The number of rotatable bonds is 2. The van der Waals surface area contributed by atoms with Gasteiger partial charge < -0.3 is 14.7 Å². The minimum Gasteiger partial charge on any atom is -0.455 e. The lowest BCUT2D eigenvalue weighted by atomic mass is 9.82. The van der Waals surface area contributed by atoms with Crippen LogP contribution in [0, 0.1) is 0 Å². The molecule has 3 aromatic rings. The van der Waals surface area contributed by atoms with Gasteiger partial charge in [-0.15, -0.1) is 0 Å².